The summed E-state index contributed by atoms with van der Waals surface area (Å²) in [7, 11) is 0. The summed E-state index contributed by atoms with van der Waals surface area (Å²) in [4.78, 5) is 21.2. The topological polar surface area (TPSA) is 78.3 Å². The van der Waals surface area contributed by atoms with E-state index >= 15 is 0 Å². The number of hydrogen-bond acceptors (Lipinski definition) is 4. The summed E-state index contributed by atoms with van der Waals surface area (Å²) in [5.41, 5.74) is 3.10. The third kappa shape index (κ3) is 2.31. The van der Waals surface area contributed by atoms with Gasteiger partial charge in [-0.1, -0.05) is 6.08 Å². The van der Waals surface area contributed by atoms with Crippen molar-refractivity contribution in [2.45, 2.75) is 12.3 Å². The summed E-state index contributed by atoms with van der Waals surface area (Å²) in [5, 5.41) is 12.2. The Labute approximate surface area is 111 Å². The van der Waals surface area contributed by atoms with Gasteiger partial charge >= 0.3 is 6.09 Å². The van der Waals surface area contributed by atoms with E-state index in [1.54, 1.807) is 12.4 Å². The van der Waals surface area contributed by atoms with E-state index in [1.165, 1.54) is 4.90 Å². The molecule has 1 fully saturated rings. The van der Waals surface area contributed by atoms with Gasteiger partial charge < -0.3 is 15.3 Å². The Morgan fingerprint density at radius 3 is 2.74 bits per heavy atom. The summed E-state index contributed by atoms with van der Waals surface area (Å²) >= 11 is 0. The summed E-state index contributed by atoms with van der Waals surface area (Å²) in [6.07, 6.45) is 5.23. The van der Waals surface area contributed by atoms with Crippen LogP contribution in [0.2, 0.25) is 0 Å². The van der Waals surface area contributed by atoms with E-state index in [0.717, 1.165) is 30.1 Å². The molecule has 0 aliphatic carbocycles. The molecule has 0 spiro atoms. The van der Waals surface area contributed by atoms with Gasteiger partial charge in [0.05, 0.1) is 11.4 Å². The maximum atomic E-state index is 10.9. The van der Waals surface area contributed by atoms with Gasteiger partial charge in [0.2, 0.25) is 0 Å². The quantitative estimate of drug-likeness (QED) is 0.827. The summed E-state index contributed by atoms with van der Waals surface area (Å²) in [6.45, 7) is 2.85. The molecule has 3 heterocycles. The zero-order valence-electron chi connectivity index (χ0n) is 10.5. The Kier molecular flexibility index (Phi) is 3.16. The van der Waals surface area contributed by atoms with Crippen LogP contribution in [-0.2, 0) is 0 Å². The molecular formula is C13H16N4O2. The van der Waals surface area contributed by atoms with E-state index in [-0.39, 0.29) is 0 Å². The molecule has 1 aromatic rings. The van der Waals surface area contributed by atoms with Crippen LogP contribution in [0.25, 0.3) is 5.57 Å². The van der Waals surface area contributed by atoms with Crippen molar-refractivity contribution >= 4 is 11.7 Å². The molecule has 2 aliphatic heterocycles. The number of hydrogen-bond donors (Lipinski definition) is 2. The van der Waals surface area contributed by atoms with Crippen LogP contribution in [0.5, 0.6) is 0 Å². The Hall–Kier alpha value is -1.95. The van der Waals surface area contributed by atoms with Crippen molar-refractivity contribution in [2.75, 3.05) is 26.2 Å². The van der Waals surface area contributed by atoms with Crippen molar-refractivity contribution in [3.8, 4) is 0 Å². The molecular weight excluding hydrogens is 244 g/mol. The number of aromatic nitrogens is 2. The van der Waals surface area contributed by atoms with Crippen molar-refractivity contribution in [1.82, 2.24) is 20.2 Å². The monoisotopic (exact) mass is 260 g/mol. The van der Waals surface area contributed by atoms with Crippen LogP contribution in [0.3, 0.4) is 0 Å². The van der Waals surface area contributed by atoms with Gasteiger partial charge in [-0.05, 0) is 12.0 Å². The molecule has 0 atom stereocenters. The first kappa shape index (κ1) is 12.1. The fourth-order valence-corrected chi connectivity index (χ4v) is 2.43. The summed E-state index contributed by atoms with van der Waals surface area (Å²) in [5.74, 6) is 0.433. The molecule has 1 aromatic heterocycles. The fourth-order valence-electron chi connectivity index (χ4n) is 2.43. The second-order valence-electron chi connectivity index (χ2n) is 4.85. The van der Waals surface area contributed by atoms with E-state index in [9.17, 15) is 4.79 Å². The Balaban J connectivity index is 1.85. The lowest BCUT2D eigenvalue weighted by molar-refractivity contribution is 0.150. The fraction of sp³-hybridized carbons (Fsp3) is 0.462. The molecule has 6 nitrogen and oxygen atoms in total. The Bertz CT molecular complexity index is 525. The first-order valence-corrected chi connectivity index (χ1v) is 6.44. The molecule has 2 aliphatic rings. The Morgan fingerprint density at radius 1 is 1.37 bits per heavy atom. The highest BCUT2D eigenvalue weighted by Gasteiger charge is 2.26. The zero-order valence-corrected chi connectivity index (χ0v) is 10.5. The largest absolute Gasteiger partial charge is 0.465 e. The highest BCUT2D eigenvalue weighted by Crippen LogP contribution is 2.28. The van der Waals surface area contributed by atoms with Gasteiger partial charge in [-0.25, -0.2) is 4.79 Å². The van der Waals surface area contributed by atoms with Crippen LogP contribution in [0.4, 0.5) is 4.79 Å². The van der Waals surface area contributed by atoms with Crippen molar-refractivity contribution in [3.63, 3.8) is 0 Å². The lowest BCUT2D eigenvalue weighted by atomic mass is 9.92. The van der Waals surface area contributed by atoms with Gasteiger partial charge in [0, 0.05) is 44.5 Å². The summed E-state index contributed by atoms with van der Waals surface area (Å²) < 4.78 is 0. The molecule has 0 saturated carbocycles. The second-order valence-corrected chi connectivity index (χ2v) is 4.85. The highest BCUT2D eigenvalue weighted by molar-refractivity contribution is 5.70. The third-order valence-electron chi connectivity index (χ3n) is 3.68. The predicted octanol–water partition coefficient (Wildman–Crippen LogP) is 0.930. The Morgan fingerprint density at radius 2 is 2.16 bits per heavy atom. The minimum Gasteiger partial charge on any atom is -0.465 e. The van der Waals surface area contributed by atoms with E-state index in [0.29, 0.717) is 25.4 Å². The maximum absolute atomic E-state index is 10.9. The number of rotatable bonds is 2. The molecule has 1 saturated heterocycles. The highest BCUT2D eigenvalue weighted by atomic mass is 16.4. The van der Waals surface area contributed by atoms with Gasteiger partial charge in [0.25, 0.3) is 0 Å². The second kappa shape index (κ2) is 4.97. The van der Waals surface area contributed by atoms with Gasteiger partial charge in [-0.15, -0.1) is 0 Å². The number of nitrogens with zero attached hydrogens (tertiary/aromatic N) is 3. The van der Waals surface area contributed by atoms with E-state index in [2.05, 4.69) is 15.3 Å². The van der Waals surface area contributed by atoms with E-state index < -0.39 is 6.09 Å². The smallest absolute Gasteiger partial charge is 0.407 e. The van der Waals surface area contributed by atoms with Gasteiger partial charge in [0.15, 0.2) is 0 Å². The van der Waals surface area contributed by atoms with Crippen molar-refractivity contribution < 1.29 is 9.90 Å². The predicted molar refractivity (Wildman–Crippen MR) is 69.8 cm³/mol. The van der Waals surface area contributed by atoms with Gasteiger partial charge in [-0.3, -0.25) is 9.97 Å². The van der Waals surface area contributed by atoms with Crippen LogP contribution >= 0.6 is 0 Å². The van der Waals surface area contributed by atoms with E-state index in [1.807, 2.05) is 6.08 Å². The first-order valence-electron chi connectivity index (χ1n) is 6.44. The SMILES string of the molecule is O=C(O)N1CC=C(c2nccnc2C2CNC2)CC1. The molecule has 0 radical (unpaired) electrons. The molecule has 0 aromatic carbocycles. The van der Waals surface area contributed by atoms with Crippen LogP contribution in [0, 0.1) is 0 Å². The lowest BCUT2D eigenvalue weighted by Gasteiger charge is -2.29. The molecule has 0 unspecified atom stereocenters. The lowest BCUT2D eigenvalue weighted by Crippen LogP contribution is -2.41. The minimum atomic E-state index is -0.863. The molecule has 2 N–H and O–H groups in total. The minimum absolute atomic E-state index is 0.433. The third-order valence-corrected chi connectivity index (χ3v) is 3.68. The summed E-state index contributed by atoms with van der Waals surface area (Å²) in [6, 6.07) is 0. The molecule has 19 heavy (non-hydrogen) atoms. The van der Waals surface area contributed by atoms with Crippen LogP contribution in [0.15, 0.2) is 18.5 Å². The van der Waals surface area contributed by atoms with Crippen molar-refractivity contribution in [2.24, 2.45) is 0 Å². The molecule has 1 amide bonds. The average Bonchev–Trinajstić information content (AvgIpc) is 2.37. The standard InChI is InChI=1S/C13H16N4O2/c18-13(19)17-5-1-9(2-6-17)11-12(10-7-14-8-10)16-4-3-15-11/h1,3-4,10,14H,2,5-8H2,(H,18,19). The van der Waals surface area contributed by atoms with Gasteiger partial charge in [-0.2, -0.15) is 0 Å². The zero-order chi connectivity index (χ0) is 13.2. The van der Waals surface area contributed by atoms with Crippen molar-refractivity contribution in [3.05, 3.63) is 29.9 Å². The number of amides is 1. The maximum Gasteiger partial charge on any atom is 0.407 e. The van der Waals surface area contributed by atoms with Crippen molar-refractivity contribution in [1.29, 1.82) is 0 Å². The molecule has 6 heteroatoms. The van der Waals surface area contributed by atoms with Gasteiger partial charge in [0.1, 0.15) is 0 Å². The van der Waals surface area contributed by atoms with E-state index in [4.69, 9.17) is 5.11 Å². The number of carbonyl (C=O) groups is 1. The number of carboxylic acid groups (broad SMARTS) is 1. The molecule has 0 bridgehead atoms. The first-order chi connectivity index (χ1) is 9.25. The normalized spacial score (nSPS) is 19.8. The van der Waals surface area contributed by atoms with Crippen LogP contribution < -0.4 is 5.32 Å². The van der Waals surface area contributed by atoms with Crippen LogP contribution in [0.1, 0.15) is 23.7 Å². The molecule has 3 rings (SSSR count). The van der Waals surface area contributed by atoms with Crippen LogP contribution in [-0.4, -0.2) is 52.2 Å². The molecule has 100 valence electrons. The number of nitrogens with one attached hydrogen (secondary N) is 1. The average molecular weight is 260 g/mol.